The van der Waals surface area contributed by atoms with Crippen molar-refractivity contribution < 1.29 is 0 Å². The van der Waals surface area contributed by atoms with Crippen molar-refractivity contribution in [2.45, 2.75) is 20.4 Å². The quantitative estimate of drug-likeness (QED) is 0.670. The minimum Gasteiger partial charge on any atom is -0.365 e. The second-order valence-electron chi connectivity index (χ2n) is 4.90. The fraction of sp³-hybridized carbons (Fsp3) is 0.267. The van der Waals surface area contributed by atoms with Crippen molar-refractivity contribution in [1.82, 2.24) is 20.2 Å². The third-order valence-corrected chi connectivity index (χ3v) is 3.23. The van der Waals surface area contributed by atoms with Crippen molar-refractivity contribution in [3.63, 3.8) is 0 Å². The summed E-state index contributed by atoms with van der Waals surface area (Å²) in [6.45, 7) is 5.58. The maximum Gasteiger partial charge on any atom is 0.226 e. The molecule has 0 spiro atoms. The van der Waals surface area contributed by atoms with Crippen LogP contribution in [0.3, 0.4) is 0 Å². The van der Waals surface area contributed by atoms with Gasteiger partial charge in [0.25, 0.3) is 0 Å². The van der Waals surface area contributed by atoms with E-state index in [9.17, 15) is 0 Å². The molecular formula is C15H18N6. The first-order valence-corrected chi connectivity index (χ1v) is 7.00. The number of anilines is 2. The van der Waals surface area contributed by atoms with Crippen LogP contribution in [-0.4, -0.2) is 26.7 Å². The van der Waals surface area contributed by atoms with Crippen molar-refractivity contribution in [2.24, 2.45) is 0 Å². The maximum atomic E-state index is 4.50. The van der Waals surface area contributed by atoms with E-state index in [0.29, 0.717) is 12.5 Å². The van der Waals surface area contributed by atoms with Gasteiger partial charge in [-0.05, 0) is 19.4 Å². The van der Waals surface area contributed by atoms with E-state index in [1.807, 2.05) is 6.92 Å². The Morgan fingerprint density at radius 3 is 2.67 bits per heavy atom. The van der Waals surface area contributed by atoms with Gasteiger partial charge in [-0.2, -0.15) is 15.1 Å². The summed E-state index contributed by atoms with van der Waals surface area (Å²) in [6.07, 6.45) is 1.74. The molecule has 108 valence electrons. The van der Waals surface area contributed by atoms with Gasteiger partial charge in [-0.15, -0.1) is 0 Å². The van der Waals surface area contributed by atoms with Crippen LogP contribution >= 0.6 is 0 Å². The van der Waals surface area contributed by atoms with Gasteiger partial charge in [0.2, 0.25) is 5.95 Å². The van der Waals surface area contributed by atoms with E-state index in [-0.39, 0.29) is 0 Å². The molecule has 0 saturated heterocycles. The molecule has 0 aliphatic rings. The summed E-state index contributed by atoms with van der Waals surface area (Å²) in [6, 6.07) is 8.44. The summed E-state index contributed by atoms with van der Waals surface area (Å²) in [5.41, 5.74) is 3.20. The van der Waals surface area contributed by atoms with Crippen LogP contribution in [0.2, 0.25) is 0 Å². The predicted octanol–water partition coefficient (Wildman–Crippen LogP) is 2.71. The molecular weight excluding hydrogens is 264 g/mol. The highest BCUT2D eigenvalue weighted by Gasteiger charge is 2.08. The number of aryl methyl sites for hydroxylation is 1. The molecule has 0 aliphatic carbocycles. The molecule has 2 heterocycles. The Hall–Kier alpha value is -2.63. The molecule has 0 radical (unpaired) electrons. The monoisotopic (exact) mass is 282 g/mol. The van der Waals surface area contributed by atoms with Crippen LogP contribution in [0.5, 0.6) is 0 Å². The zero-order valence-corrected chi connectivity index (χ0v) is 12.1. The van der Waals surface area contributed by atoms with Crippen molar-refractivity contribution >= 4 is 22.8 Å². The van der Waals surface area contributed by atoms with Crippen LogP contribution in [0.4, 0.5) is 11.8 Å². The number of aromatic nitrogens is 4. The van der Waals surface area contributed by atoms with Gasteiger partial charge in [0.1, 0.15) is 5.82 Å². The molecule has 6 nitrogen and oxygen atoms in total. The lowest BCUT2D eigenvalue weighted by molar-refractivity contribution is 1.06. The van der Waals surface area contributed by atoms with Gasteiger partial charge in [0.15, 0.2) is 5.65 Å². The Morgan fingerprint density at radius 2 is 1.90 bits per heavy atom. The zero-order chi connectivity index (χ0) is 14.7. The van der Waals surface area contributed by atoms with Gasteiger partial charge >= 0.3 is 0 Å². The second-order valence-corrected chi connectivity index (χ2v) is 4.90. The van der Waals surface area contributed by atoms with E-state index in [0.717, 1.165) is 23.4 Å². The van der Waals surface area contributed by atoms with Gasteiger partial charge < -0.3 is 10.6 Å². The molecule has 3 rings (SSSR count). The molecule has 1 aromatic carbocycles. The normalized spacial score (nSPS) is 10.8. The first-order chi connectivity index (χ1) is 10.3. The number of hydrogen-bond acceptors (Lipinski definition) is 5. The third kappa shape index (κ3) is 2.94. The number of benzene rings is 1. The highest BCUT2D eigenvalue weighted by Crippen LogP contribution is 2.20. The summed E-state index contributed by atoms with van der Waals surface area (Å²) >= 11 is 0. The number of rotatable bonds is 5. The largest absolute Gasteiger partial charge is 0.365 e. The number of hydrogen-bond donors (Lipinski definition) is 3. The number of aromatic amines is 1. The van der Waals surface area contributed by atoms with Crippen LogP contribution in [0, 0.1) is 6.92 Å². The number of nitrogens with one attached hydrogen (secondary N) is 3. The van der Waals surface area contributed by atoms with Crippen LogP contribution < -0.4 is 10.6 Å². The van der Waals surface area contributed by atoms with Gasteiger partial charge in [-0.1, -0.05) is 29.8 Å². The van der Waals surface area contributed by atoms with Gasteiger partial charge in [-0.25, -0.2) is 0 Å². The van der Waals surface area contributed by atoms with Gasteiger partial charge in [-0.3, -0.25) is 5.10 Å². The van der Waals surface area contributed by atoms with E-state index in [1.54, 1.807) is 6.20 Å². The van der Waals surface area contributed by atoms with E-state index in [4.69, 9.17) is 0 Å². The molecule has 6 heteroatoms. The molecule has 3 aromatic rings. The summed E-state index contributed by atoms with van der Waals surface area (Å²) in [4.78, 5) is 8.87. The Bertz CT molecular complexity index is 732. The maximum absolute atomic E-state index is 4.50. The lowest BCUT2D eigenvalue weighted by Crippen LogP contribution is -2.07. The highest BCUT2D eigenvalue weighted by atomic mass is 15.2. The SMILES string of the molecule is CCNc1nc(NCc2ccc(C)cc2)c2cn[nH]c2n1. The molecule has 3 N–H and O–H groups in total. The highest BCUT2D eigenvalue weighted by molar-refractivity contribution is 5.86. The summed E-state index contributed by atoms with van der Waals surface area (Å²) < 4.78 is 0. The smallest absolute Gasteiger partial charge is 0.226 e. The minimum atomic E-state index is 0.598. The molecule has 0 saturated carbocycles. The predicted molar refractivity (Wildman–Crippen MR) is 84.4 cm³/mol. The van der Waals surface area contributed by atoms with Crippen LogP contribution in [0.15, 0.2) is 30.5 Å². The summed E-state index contributed by atoms with van der Waals surface area (Å²) in [7, 11) is 0. The van der Waals surface area contributed by atoms with Crippen molar-refractivity contribution in [1.29, 1.82) is 0 Å². The molecule has 0 atom stereocenters. The van der Waals surface area contributed by atoms with E-state index in [1.165, 1.54) is 11.1 Å². The average Bonchev–Trinajstić information content (AvgIpc) is 2.95. The van der Waals surface area contributed by atoms with E-state index >= 15 is 0 Å². The summed E-state index contributed by atoms with van der Waals surface area (Å²) in [5.74, 6) is 1.38. The van der Waals surface area contributed by atoms with Gasteiger partial charge in [0, 0.05) is 13.1 Å². The standard InChI is InChI=1S/C15H18N6/c1-3-16-15-19-13(12-9-18-21-14(12)20-15)17-8-11-6-4-10(2)5-7-11/h4-7,9H,3,8H2,1-2H3,(H3,16,17,18,19,20,21). The van der Waals surface area contributed by atoms with E-state index in [2.05, 4.69) is 62.0 Å². The molecule has 21 heavy (non-hydrogen) atoms. The Kier molecular flexibility index (Phi) is 3.68. The molecule has 0 fully saturated rings. The van der Waals surface area contributed by atoms with Gasteiger partial charge in [0.05, 0.1) is 11.6 Å². The Labute approximate surface area is 123 Å². The fourth-order valence-corrected chi connectivity index (χ4v) is 2.10. The van der Waals surface area contributed by atoms with Crippen molar-refractivity contribution in [3.05, 3.63) is 41.6 Å². The third-order valence-electron chi connectivity index (χ3n) is 3.23. The molecule has 0 unspecified atom stereocenters. The van der Waals surface area contributed by atoms with E-state index < -0.39 is 0 Å². The minimum absolute atomic E-state index is 0.598. The summed E-state index contributed by atoms with van der Waals surface area (Å²) in [5, 5.41) is 14.3. The first kappa shape index (κ1) is 13.4. The Morgan fingerprint density at radius 1 is 1.10 bits per heavy atom. The topological polar surface area (TPSA) is 78.5 Å². The first-order valence-electron chi connectivity index (χ1n) is 7.00. The molecule has 2 aromatic heterocycles. The van der Waals surface area contributed by atoms with Crippen molar-refractivity contribution in [3.8, 4) is 0 Å². The molecule has 0 amide bonds. The molecule has 0 aliphatic heterocycles. The lowest BCUT2D eigenvalue weighted by Gasteiger charge is -2.09. The number of nitrogens with zero attached hydrogens (tertiary/aromatic N) is 3. The zero-order valence-electron chi connectivity index (χ0n) is 12.1. The average molecular weight is 282 g/mol. The van der Waals surface area contributed by atoms with Crippen LogP contribution in [-0.2, 0) is 6.54 Å². The van der Waals surface area contributed by atoms with Crippen molar-refractivity contribution in [2.75, 3.05) is 17.2 Å². The lowest BCUT2D eigenvalue weighted by atomic mass is 10.1. The fourth-order valence-electron chi connectivity index (χ4n) is 2.10. The van der Waals surface area contributed by atoms with Crippen LogP contribution in [0.1, 0.15) is 18.1 Å². The second kappa shape index (κ2) is 5.78. The number of H-pyrrole nitrogens is 1. The number of fused-ring (bicyclic) bond motifs is 1. The molecule has 0 bridgehead atoms. The Balaban J connectivity index is 1.84. The van der Waals surface area contributed by atoms with Crippen LogP contribution in [0.25, 0.3) is 11.0 Å².